The highest BCUT2D eigenvalue weighted by Crippen LogP contribution is 2.30. The Morgan fingerprint density at radius 2 is 1.89 bits per heavy atom. The summed E-state index contributed by atoms with van der Waals surface area (Å²) >= 11 is 0. The molecule has 0 unspecified atom stereocenters. The van der Waals surface area contributed by atoms with Gasteiger partial charge in [-0.3, -0.25) is 14.6 Å². The molecule has 6 nitrogen and oxygen atoms in total. The molecule has 4 rings (SSSR count). The van der Waals surface area contributed by atoms with Gasteiger partial charge in [0.25, 0.3) is 11.8 Å². The second kappa shape index (κ2) is 7.45. The molecular formula is C21H19N3O3. The maximum Gasteiger partial charge on any atom is 0.274 e. The maximum atomic E-state index is 12.9. The topological polar surface area (TPSA) is 75.4 Å². The number of hydrogen-bond acceptors (Lipinski definition) is 4. The standard InChI is InChI=1S/C21H19N3O3/c25-20(19-5-1-2-12-22-19)23-16-8-6-15(7-9-16)21(26)24(17-10-11-17)14-18-4-3-13-27-18/h1-9,12-13,17H,10-11,14H2,(H,23,25). The maximum absolute atomic E-state index is 12.9. The second-order valence-electron chi connectivity index (χ2n) is 6.49. The summed E-state index contributed by atoms with van der Waals surface area (Å²) < 4.78 is 5.39. The predicted molar refractivity (Wildman–Crippen MR) is 100 cm³/mol. The third kappa shape index (κ3) is 4.06. The Labute approximate surface area is 156 Å². The highest BCUT2D eigenvalue weighted by molar-refractivity contribution is 6.03. The Kier molecular flexibility index (Phi) is 4.70. The number of carbonyl (C=O) groups excluding carboxylic acids is 2. The molecular weight excluding hydrogens is 342 g/mol. The van der Waals surface area contributed by atoms with Crippen LogP contribution >= 0.6 is 0 Å². The number of nitrogens with zero attached hydrogens (tertiary/aromatic N) is 2. The van der Waals surface area contributed by atoms with E-state index in [1.54, 1.807) is 54.9 Å². The molecule has 2 heterocycles. The van der Waals surface area contributed by atoms with Crippen molar-refractivity contribution in [2.24, 2.45) is 0 Å². The van der Waals surface area contributed by atoms with E-state index in [-0.39, 0.29) is 17.9 Å². The molecule has 136 valence electrons. The minimum absolute atomic E-state index is 0.0310. The molecule has 1 saturated carbocycles. The lowest BCUT2D eigenvalue weighted by atomic mass is 10.1. The molecule has 6 heteroatoms. The number of rotatable bonds is 6. The minimum Gasteiger partial charge on any atom is -0.467 e. The van der Waals surface area contributed by atoms with Crippen molar-refractivity contribution in [3.8, 4) is 0 Å². The first-order chi connectivity index (χ1) is 13.2. The van der Waals surface area contributed by atoms with Gasteiger partial charge in [0.1, 0.15) is 11.5 Å². The van der Waals surface area contributed by atoms with Crippen LogP contribution < -0.4 is 5.32 Å². The van der Waals surface area contributed by atoms with Crippen molar-refractivity contribution in [1.29, 1.82) is 0 Å². The summed E-state index contributed by atoms with van der Waals surface area (Å²) in [6.07, 6.45) is 5.22. The van der Waals surface area contributed by atoms with Crippen molar-refractivity contribution in [3.63, 3.8) is 0 Å². The van der Waals surface area contributed by atoms with E-state index in [0.29, 0.717) is 23.5 Å². The Bertz CT molecular complexity index is 917. The number of furan rings is 1. The van der Waals surface area contributed by atoms with Gasteiger partial charge in [-0.15, -0.1) is 0 Å². The molecule has 27 heavy (non-hydrogen) atoms. The molecule has 2 aromatic heterocycles. The monoisotopic (exact) mass is 361 g/mol. The number of aromatic nitrogens is 1. The SMILES string of the molecule is O=C(Nc1ccc(C(=O)N(Cc2ccco2)C2CC2)cc1)c1ccccn1. The Hall–Kier alpha value is -3.41. The number of anilines is 1. The summed E-state index contributed by atoms with van der Waals surface area (Å²) in [5.74, 6) is 0.457. The largest absolute Gasteiger partial charge is 0.467 e. The quantitative estimate of drug-likeness (QED) is 0.726. The van der Waals surface area contributed by atoms with Gasteiger partial charge >= 0.3 is 0 Å². The van der Waals surface area contributed by atoms with E-state index < -0.39 is 0 Å². The van der Waals surface area contributed by atoms with Crippen molar-refractivity contribution in [2.45, 2.75) is 25.4 Å². The van der Waals surface area contributed by atoms with Crippen LogP contribution in [0.2, 0.25) is 0 Å². The average molecular weight is 361 g/mol. The van der Waals surface area contributed by atoms with Gasteiger partial charge in [0.15, 0.2) is 0 Å². The van der Waals surface area contributed by atoms with Crippen LogP contribution in [0.15, 0.2) is 71.5 Å². The van der Waals surface area contributed by atoms with Crippen LogP contribution in [0.3, 0.4) is 0 Å². The first-order valence-electron chi connectivity index (χ1n) is 8.86. The summed E-state index contributed by atoms with van der Waals surface area (Å²) in [5, 5.41) is 2.78. The lowest BCUT2D eigenvalue weighted by Crippen LogP contribution is -2.32. The smallest absolute Gasteiger partial charge is 0.274 e. The second-order valence-corrected chi connectivity index (χ2v) is 6.49. The lowest BCUT2D eigenvalue weighted by molar-refractivity contribution is 0.0717. The summed E-state index contributed by atoms with van der Waals surface area (Å²) in [6, 6.07) is 16.0. The Balaban J connectivity index is 1.44. The molecule has 1 aliphatic carbocycles. The summed E-state index contributed by atoms with van der Waals surface area (Å²) in [5.41, 5.74) is 1.55. The van der Waals surface area contributed by atoms with Crippen LogP contribution in [0.25, 0.3) is 0 Å². The average Bonchev–Trinajstić information content (AvgIpc) is 3.42. The molecule has 1 N–H and O–H groups in total. The van der Waals surface area contributed by atoms with E-state index in [1.165, 1.54) is 0 Å². The van der Waals surface area contributed by atoms with Crippen LogP contribution in [0, 0.1) is 0 Å². The van der Waals surface area contributed by atoms with Gasteiger partial charge in [-0.1, -0.05) is 6.07 Å². The third-order valence-electron chi connectivity index (χ3n) is 4.44. The fraction of sp³-hybridized carbons (Fsp3) is 0.190. The minimum atomic E-state index is -0.285. The molecule has 3 aromatic rings. The predicted octanol–water partition coefficient (Wildman–Crippen LogP) is 3.73. The van der Waals surface area contributed by atoms with Gasteiger partial charge in [0.05, 0.1) is 12.8 Å². The van der Waals surface area contributed by atoms with E-state index in [4.69, 9.17) is 4.42 Å². The summed E-state index contributed by atoms with van der Waals surface area (Å²) in [6.45, 7) is 0.467. The van der Waals surface area contributed by atoms with Gasteiger partial charge in [-0.2, -0.15) is 0 Å². The first kappa shape index (κ1) is 17.0. The van der Waals surface area contributed by atoms with Crippen LogP contribution in [-0.2, 0) is 6.54 Å². The fourth-order valence-electron chi connectivity index (χ4n) is 2.88. The molecule has 0 bridgehead atoms. The Morgan fingerprint density at radius 1 is 1.07 bits per heavy atom. The van der Waals surface area contributed by atoms with Crippen LogP contribution in [0.1, 0.15) is 39.4 Å². The van der Waals surface area contributed by atoms with Crippen molar-refractivity contribution in [2.75, 3.05) is 5.32 Å². The van der Waals surface area contributed by atoms with Gasteiger partial charge in [0.2, 0.25) is 0 Å². The normalized spacial score (nSPS) is 13.2. The zero-order valence-corrected chi connectivity index (χ0v) is 14.7. The molecule has 1 aromatic carbocycles. The van der Waals surface area contributed by atoms with Crippen molar-refractivity contribution in [1.82, 2.24) is 9.88 Å². The highest BCUT2D eigenvalue weighted by atomic mass is 16.3. The van der Waals surface area contributed by atoms with Gasteiger partial charge in [0, 0.05) is 23.5 Å². The zero-order chi connectivity index (χ0) is 18.6. The summed E-state index contributed by atoms with van der Waals surface area (Å²) in [7, 11) is 0. The molecule has 0 radical (unpaired) electrons. The molecule has 2 amide bonds. The number of carbonyl (C=O) groups is 2. The van der Waals surface area contributed by atoms with E-state index in [1.807, 2.05) is 17.0 Å². The van der Waals surface area contributed by atoms with Crippen molar-refractivity contribution < 1.29 is 14.0 Å². The van der Waals surface area contributed by atoms with Gasteiger partial charge < -0.3 is 14.6 Å². The molecule has 0 saturated heterocycles. The molecule has 1 fully saturated rings. The number of pyridine rings is 1. The van der Waals surface area contributed by atoms with Gasteiger partial charge in [-0.05, 0) is 61.4 Å². The van der Waals surface area contributed by atoms with Crippen molar-refractivity contribution >= 4 is 17.5 Å². The number of amides is 2. The van der Waals surface area contributed by atoms with Crippen LogP contribution in [-0.4, -0.2) is 27.7 Å². The van der Waals surface area contributed by atoms with E-state index >= 15 is 0 Å². The summed E-state index contributed by atoms with van der Waals surface area (Å²) in [4.78, 5) is 30.9. The number of nitrogens with one attached hydrogen (secondary N) is 1. The van der Waals surface area contributed by atoms with Crippen LogP contribution in [0.4, 0.5) is 5.69 Å². The highest BCUT2D eigenvalue weighted by Gasteiger charge is 2.33. The number of hydrogen-bond donors (Lipinski definition) is 1. The lowest BCUT2D eigenvalue weighted by Gasteiger charge is -2.21. The molecule has 1 aliphatic rings. The molecule has 0 aliphatic heterocycles. The molecule has 0 atom stereocenters. The first-order valence-corrected chi connectivity index (χ1v) is 8.86. The van der Waals surface area contributed by atoms with Gasteiger partial charge in [-0.25, -0.2) is 0 Å². The van der Waals surface area contributed by atoms with E-state index in [0.717, 1.165) is 18.6 Å². The number of benzene rings is 1. The van der Waals surface area contributed by atoms with Crippen LogP contribution in [0.5, 0.6) is 0 Å². The van der Waals surface area contributed by atoms with Crippen molar-refractivity contribution in [3.05, 3.63) is 84.1 Å². The fourth-order valence-corrected chi connectivity index (χ4v) is 2.88. The zero-order valence-electron chi connectivity index (χ0n) is 14.7. The Morgan fingerprint density at radius 3 is 2.52 bits per heavy atom. The third-order valence-corrected chi connectivity index (χ3v) is 4.44. The van der Waals surface area contributed by atoms with E-state index in [9.17, 15) is 9.59 Å². The van der Waals surface area contributed by atoms with E-state index in [2.05, 4.69) is 10.3 Å². The molecule has 0 spiro atoms.